The predicted molar refractivity (Wildman–Crippen MR) is 57.6 cm³/mol. The molecule has 0 aliphatic heterocycles. The first-order chi connectivity index (χ1) is 7.80. The van der Waals surface area contributed by atoms with Crippen LogP contribution in [0, 0.1) is 0 Å². The van der Waals surface area contributed by atoms with Gasteiger partial charge in [-0.15, -0.1) is 11.3 Å². The monoisotopic (exact) mass is 267 g/mol. The number of rotatable bonds is 3. The van der Waals surface area contributed by atoms with E-state index in [-0.39, 0.29) is 6.54 Å². The van der Waals surface area contributed by atoms with Gasteiger partial charge >= 0.3 is 12.2 Å². The van der Waals surface area contributed by atoms with E-state index in [1.54, 1.807) is 11.6 Å². The fourth-order valence-corrected chi connectivity index (χ4v) is 1.65. The molecule has 1 atom stereocenters. The maximum atomic E-state index is 12.2. The zero-order valence-electron chi connectivity index (χ0n) is 9.28. The predicted octanol–water partition coefficient (Wildman–Crippen LogP) is 2.24. The maximum Gasteiger partial charge on any atom is 0.408 e. The molecule has 0 saturated heterocycles. The lowest BCUT2D eigenvalue weighted by Crippen LogP contribution is -2.47. The zero-order chi connectivity index (χ0) is 13.1. The molecule has 0 aromatic carbocycles. The quantitative estimate of drug-likeness (QED) is 0.912. The maximum absolute atomic E-state index is 12.2. The van der Waals surface area contributed by atoms with Gasteiger partial charge in [0, 0.05) is 18.6 Å². The molecule has 1 N–H and O–H groups in total. The van der Waals surface area contributed by atoms with E-state index < -0.39 is 18.2 Å². The summed E-state index contributed by atoms with van der Waals surface area (Å²) in [6.45, 7) is 1.09. The lowest BCUT2D eigenvalue weighted by Gasteiger charge is -2.22. The topological polar surface area (TPSA) is 45.2 Å². The van der Waals surface area contributed by atoms with Gasteiger partial charge in [0.25, 0.3) is 0 Å². The van der Waals surface area contributed by atoms with Crippen molar-refractivity contribution < 1.29 is 18.0 Å². The molecule has 1 rings (SSSR count). The summed E-state index contributed by atoms with van der Waals surface area (Å²) in [6, 6.07) is -2.64. The minimum atomic E-state index is -4.43. The third kappa shape index (κ3) is 4.22. The summed E-state index contributed by atoms with van der Waals surface area (Å²) in [5.74, 6) is 0. The molecular weight excluding hydrogens is 255 g/mol. The molecular formula is C9H12F3N3OS. The summed E-state index contributed by atoms with van der Waals surface area (Å²) in [4.78, 5) is 16.5. The van der Waals surface area contributed by atoms with Crippen LogP contribution in [0.5, 0.6) is 0 Å². The number of thiazole rings is 1. The smallest absolute Gasteiger partial charge is 0.326 e. The molecule has 1 heterocycles. The highest BCUT2D eigenvalue weighted by Gasteiger charge is 2.37. The Labute approximate surface area is 100 Å². The number of urea groups is 1. The lowest BCUT2D eigenvalue weighted by molar-refractivity contribution is -0.149. The van der Waals surface area contributed by atoms with Crippen molar-refractivity contribution in [1.82, 2.24) is 15.2 Å². The van der Waals surface area contributed by atoms with Gasteiger partial charge in [-0.25, -0.2) is 9.78 Å². The molecule has 96 valence electrons. The number of nitrogens with zero attached hydrogens (tertiary/aromatic N) is 2. The summed E-state index contributed by atoms with van der Waals surface area (Å²) < 4.78 is 36.6. The highest BCUT2D eigenvalue weighted by molar-refractivity contribution is 7.09. The minimum absolute atomic E-state index is 0.189. The van der Waals surface area contributed by atoms with Gasteiger partial charge in [0.1, 0.15) is 11.0 Å². The lowest BCUT2D eigenvalue weighted by atomic mass is 10.3. The molecule has 17 heavy (non-hydrogen) atoms. The Morgan fingerprint density at radius 3 is 2.76 bits per heavy atom. The first-order valence-electron chi connectivity index (χ1n) is 4.77. The number of hydrogen-bond donors (Lipinski definition) is 1. The number of aromatic nitrogens is 1. The van der Waals surface area contributed by atoms with Crippen molar-refractivity contribution in [1.29, 1.82) is 0 Å². The summed E-state index contributed by atoms with van der Waals surface area (Å²) in [6.07, 6.45) is -2.86. The number of carbonyl (C=O) groups is 1. The molecule has 0 bridgehead atoms. The highest BCUT2D eigenvalue weighted by atomic mass is 32.1. The average molecular weight is 267 g/mol. The molecule has 2 amide bonds. The number of hydrogen-bond acceptors (Lipinski definition) is 3. The number of nitrogens with one attached hydrogen (secondary N) is 1. The van der Waals surface area contributed by atoms with Crippen LogP contribution in [0.2, 0.25) is 0 Å². The van der Waals surface area contributed by atoms with Crippen LogP contribution in [0.25, 0.3) is 0 Å². The molecule has 0 saturated carbocycles. The molecule has 0 radical (unpaired) electrons. The van der Waals surface area contributed by atoms with E-state index in [4.69, 9.17) is 0 Å². The van der Waals surface area contributed by atoms with Crippen LogP contribution in [0.3, 0.4) is 0 Å². The number of alkyl halides is 3. The highest BCUT2D eigenvalue weighted by Crippen LogP contribution is 2.19. The number of halogens is 3. The standard InChI is InChI=1S/C9H12F3N3OS/c1-6(9(10,11)12)14-8(16)15(2)5-7-13-3-4-17-7/h3-4,6H,5H2,1-2H3,(H,14,16). The normalized spacial score (nSPS) is 13.2. The Kier molecular flexibility index (Phi) is 4.33. The molecule has 0 fully saturated rings. The van der Waals surface area contributed by atoms with Crippen molar-refractivity contribution in [3.8, 4) is 0 Å². The van der Waals surface area contributed by atoms with Gasteiger partial charge in [-0.1, -0.05) is 0 Å². The Balaban J connectivity index is 2.48. The van der Waals surface area contributed by atoms with E-state index in [9.17, 15) is 18.0 Å². The summed E-state index contributed by atoms with van der Waals surface area (Å²) >= 11 is 1.34. The van der Waals surface area contributed by atoms with Gasteiger partial charge in [0.2, 0.25) is 0 Å². The van der Waals surface area contributed by atoms with Gasteiger partial charge in [0.15, 0.2) is 0 Å². The van der Waals surface area contributed by atoms with Crippen LogP contribution in [-0.2, 0) is 6.54 Å². The van der Waals surface area contributed by atoms with Crippen LogP contribution in [-0.4, -0.2) is 35.2 Å². The molecule has 4 nitrogen and oxygen atoms in total. The second-order valence-electron chi connectivity index (χ2n) is 3.49. The van der Waals surface area contributed by atoms with Crippen LogP contribution in [0.15, 0.2) is 11.6 Å². The van der Waals surface area contributed by atoms with Crippen LogP contribution in [0.4, 0.5) is 18.0 Å². The summed E-state index contributed by atoms with van der Waals surface area (Å²) in [7, 11) is 1.42. The SMILES string of the molecule is CC(NC(=O)N(C)Cc1nccs1)C(F)(F)F. The van der Waals surface area contributed by atoms with Gasteiger partial charge < -0.3 is 10.2 Å². The van der Waals surface area contributed by atoms with Crippen molar-refractivity contribution in [3.05, 3.63) is 16.6 Å². The van der Waals surface area contributed by atoms with E-state index in [1.165, 1.54) is 18.4 Å². The third-order valence-electron chi connectivity index (χ3n) is 2.03. The first kappa shape index (κ1) is 13.8. The van der Waals surface area contributed by atoms with Crippen molar-refractivity contribution in [2.24, 2.45) is 0 Å². The van der Waals surface area contributed by atoms with Crippen molar-refractivity contribution in [2.45, 2.75) is 25.7 Å². The Hall–Kier alpha value is -1.31. The fraction of sp³-hybridized carbons (Fsp3) is 0.556. The van der Waals surface area contributed by atoms with Gasteiger partial charge in [-0.2, -0.15) is 13.2 Å². The van der Waals surface area contributed by atoms with E-state index in [0.29, 0.717) is 5.01 Å². The Morgan fingerprint density at radius 2 is 2.29 bits per heavy atom. The van der Waals surface area contributed by atoms with Gasteiger partial charge in [-0.05, 0) is 6.92 Å². The van der Waals surface area contributed by atoms with Crippen LogP contribution < -0.4 is 5.32 Å². The molecule has 0 aliphatic carbocycles. The van der Waals surface area contributed by atoms with Gasteiger partial charge in [-0.3, -0.25) is 0 Å². The molecule has 1 unspecified atom stereocenters. The molecule has 1 aromatic rings. The Morgan fingerprint density at radius 1 is 1.65 bits per heavy atom. The number of carbonyl (C=O) groups excluding carboxylic acids is 1. The van der Waals surface area contributed by atoms with Crippen LogP contribution in [0.1, 0.15) is 11.9 Å². The van der Waals surface area contributed by atoms with E-state index in [1.807, 2.05) is 5.32 Å². The third-order valence-corrected chi connectivity index (χ3v) is 2.80. The minimum Gasteiger partial charge on any atom is -0.326 e. The van der Waals surface area contributed by atoms with Crippen molar-refractivity contribution in [3.63, 3.8) is 0 Å². The summed E-state index contributed by atoms with van der Waals surface area (Å²) in [5.41, 5.74) is 0. The molecule has 8 heteroatoms. The number of amides is 2. The second-order valence-corrected chi connectivity index (χ2v) is 4.47. The van der Waals surface area contributed by atoms with E-state index >= 15 is 0 Å². The average Bonchev–Trinajstić information content (AvgIpc) is 2.68. The van der Waals surface area contributed by atoms with Gasteiger partial charge in [0.05, 0.1) is 6.54 Å². The van der Waals surface area contributed by atoms with E-state index in [2.05, 4.69) is 4.98 Å². The first-order valence-corrected chi connectivity index (χ1v) is 5.65. The van der Waals surface area contributed by atoms with Crippen LogP contribution >= 0.6 is 11.3 Å². The molecule has 1 aromatic heterocycles. The molecule has 0 spiro atoms. The zero-order valence-corrected chi connectivity index (χ0v) is 10.1. The summed E-state index contributed by atoms with van der Waals surface area (Å²) in [5, 5.41) is 4.28. The largest absolute Gasteiger partial charge is 0.408 e. The Bertz CT molecular complexity index is 366. The molecule has 0 aliphatic rings. The van der Waals surface area contributed by atoms with Crippen molar-refractivity contribution in [2.75, 3.05) is 7.05 Å². The van der Waals surface area contributed by atoms with E-state index in [0.717, 1.165) is 11.8 Å². The fourth-order valence-electron chi connectivity index (χ4n) is 0.983. The second kappa shape index (κ2) is 5.35. The van der Waals surface area contributed by atoms with Crippen molar-refractivity contribution >= 4 is 17.4 Å².